The van der Waals surface area contributed by atoms with E-state index >= 15 is 0 Å². The summed E-state index contributed by atoms with van der Waals surface area (Å²) in [6.45, 7) is 4.37. The minimum atomic E-state index is -0.101. The van der Waals surface area contributed by atoms with Gasteiger partial charge in [0.15, 0.2) is 0 Å². The summed E-state index contributed by atoms with van der Waals surface area (Å²) in [6.07, 6.45) is 1.61. The van der Waals surface area contributed by atoms with E-state index in [1.807, 2.05) is 13.0 Å². The number of thiophene rings is 1. The van der Waals surface area contributed by atoms with E-state index in [-0.39, 0.29) is 11.9 Å². The highest BCUT2D eigenvalue weighted by atomic mass is 32.1. The summed E-state index contributed by atoms with van der Waals surface area (Å²) in [4.78, 5) is 18.6. The first-order chi connectivity index (χ1) is 9.10. The van der Waals surface area contributed by atoms with E-state index < -0.39 is 0 Å². The predicted molar refractivity (Wildman–Crippen MR) is 77.1 cm³/mol. The van der Waals surface area contributed by atoms with Crippen LogP contribution in [0.1, 0.15) is 38.8 Å². The van der Waals surface area contributed by atoms with Crippen molar-refractivity contribution in [2.45, 2.75) is 26.4 Å². The summed E-state index contributed by atoms with van der Waals surface area (Å²) in [5.74, 6) is -0.101. The number of amides is 1. The average Bonchev–Trinajstić information content (AvgIpc) is 2.85. The minimum absolute atomic E-state index is 0.000641. The molecule has 1 unspecified atom stereocenters. The lowest BCUT2D eigenvalue weighted by atomic mass is 10.2. The van der Waals surface area contributed by atoms with E-state index in [2.05, 4.69) is 23.3 Å². The second kappa shape index (κ2) is 5.95. The van der Waals surface area contributed by atoms with Crippen LogP contribution in [0, 0.1) is 6.92 Å². The van der Waals surface area contributed by atoms with Gasteiger partial charge in [-0.15, -0.1) is 11.3 Å². The van der Waals surface area contributed by atoms with Crippen molar-refractivity contribution in [2.24, 2.45) is 5.73 Å². The van der Waals surface area contributed by atoms with Gasteiger partial charge in [-0.3, -0.25) is 9.78 Å². The summed E-state index contributed by atoms with van der Waals surface area (Å²) in [6, 6.07) is 7.52. The van der Waals surface area contributed by atoms with Crippen molar-refractivity contribution in [3.63, 3.8) is 0 Å². The van der Waals surface area contributed by atoms with E-state index in [4.69, 9.17) is 5.73 Å². The summed E-state index contributed by atoms with van der Waals surface area (Å²) < 4.78 is 0. The zero-order valence-electron chi connectivity index (χ0n) is 11.0. The van der Waals surface area contributed by atoms with Crippen LogP contribution < -0.4 is 11.1 Å². The standard InChI is InChI=1S/C14H17N3OS/c1-9-3-4-13(19-9)10(2)17-14(18)11-5-6-16-12(7-11)8-15/h3-7,10H,8,15H2,1-2H3,(H,17,18). The molecule has 0 aliphatic heterocycles. The van der Waals surface area contributed by atoms with Crippen LogP contribution in [0.2, 0.25) is 0 Å². The Bertz CT molecular complexity index is 580. The molecule has 3 N–H and O–H groups in total. The van der Waals surface area contributed by atoms with Gasteiger partial charge in [-0.2, -0.15) is 0 Å². The van der Waals surface area contributed by atoms with Crippen LogP contribution in [0.25, 0.3) is 0 Å². The van der Waals surface area contributed by atoms with Crippen LogP contribution in [-0.4, -0.2) is 10.9 Å². The Morgan fingerprint density at radius 3 is 2.89 bits per heavy atom. The molecule has 1 amide bonds. The zero-order chi connectivity index (χ0) is 13.8. The zero-order valence-corrected chi connectivity index (χ0v) is 11.8. The van der Waals surface area contributed by atoms with Gasteiger partial charge in [-0.1, -0.05) is 0 Å². The maximum Gasteiger partial charge on any atom is 0.251 e. The normalized spacial score (nSPS) is 12.2. The molecule has 2 heterocycles. The predicted octanol–water partition coefficient (Wildman–Crippen LogP) is 2.40. The van der Waals surface area contributed by atoms with Crippen molar-refractivity contribution in [1.29, 1.82) is 0 Å². The first-order valence-corrected chi connectivity index (χ1v) is 6.94. The monoisotopic (exact) mass is 275 g/mol. The third-order valence-electron chi connectivity index (χ3n) is 2.82. The van der Waals surface area contributed by atoms with Crippen LogP contribution >= 0.6 is 11.3 Å². The topological polar surface area (TPSA) is 68.0 Å². The maximum absolute atomic E-state index is 12.1. The number of pyridine rings is 1. The number of hydrogen-bond donors (Lipinski definition) is 2. The van der Waals surface area contributed by atoms with E-state index in [9.17, 15) is 4.79 Å². The van der Waals surface area contributed by atoms with E-state index in [0.29, 0.717) is 17.8 Å². The minimum Gasteiger partial charge on any atom is -0.345 e. The van der Waals surface area contributed by atoms with Crippen molar-refractivity contribution in [3.8, 4) is 0 Å². The second-order valence-corrected chi connectivity index (χ2v) is 5.70. The smallest absolute Gasteiger partial charge is 0.251 e. The van der Waals surface area contributed by atoms with Crippen molar-refractivity contribution >= 4 is 17.2 Å². The molecular weight excluding hydrogens is 258 g/mol. The molecule has 0 bridgehead atoms. The quantitative estimate of drug-likeness (QED) is 0.900. The average molecular weight is 275 g/mol. The number of aromatic nitrogens is 1. The van der Waals surface area contributed by atoms with Crippen LogP contribution in [0.5, 0.6) is 0 Å². The number of rotatable bonds is 4. The maximum atomic E-state index is 12.1. The van der Waals surface area contributed by atoms with Gasteiger partial charge in [0, 0.05) is 28.1 Å². The molecule has 5 heteroatoms. The molecular formula is C14H17N3OS. The summed E-state index contributed by atoms with van der Waals surface area (Å²) >= 11 is 1.69. The Morgan fingerprint density at radius 2 is 2.26 bits per heavy atom. The summed E-state index contributed by atoms with van der Waals surface area (Å²) in [5, 5.41) is 2.98. The Labute approximate surface area is 116 Å². The first-order valence-electron chi connectivity index (χ1n) is 6.12. The number of hydrogen-bond acceptors (Lipinski definition) is 4. The SMILES string of the molecule is Cc1ccc(C(C)NC(=O)c2ccnc(CN)c2)s1. The van der Waals surface area contributed by atoms with Crippen LogP contribution in [0.4, 0.5) is 0 Å². The number of nitrogens with zero attached hydrogens (tertiary/aromatic N) is 1. The highest BCUT2D eigenvalue weighted by Gasteiger charge is 2.13. The Kier molecular flexibility index (Phi) is 4.29. The Hall–Kier alpha value is -1.72. The molecule has 0 aliphatic rings. The van der Waals surface area contributed by atoms with E-state index in [1.54, 1.807) is 29.7 Å². The van der Waals surface area contributed by atoms with Gasteiger partial charge in [-0.25, -0.2) is 0 Å². The molecule has 0 fully saturated rings. The fourth-order valence-electron chi connectivity index (χ4n) is 1.77. The van der Waals surface area contributed by atoms with Crippen LogP contribution in [-0.2, 0) is 6.54 Å². The fourth-order valence-corrected chi connectivity index (χ4v) is 2.65. The molecule has 0 saturated carbocycles. The third kappa shape index (κ3) is 3.39. The molecule has 1 atom stereocenters. The number of aryl methyl sites for hydroxylation is 1. The molecule has 0 spiro atoms. The van der Waals surface area contributed by atoms with Crippen molar-refractivity contribution < 1.29 is 4.79 Å². The second-order valence-electron chi connectivity index (χ2n) is 4.38. The molecule has 0 saturated heterocycles. The number of nitrogens with two attached hydrogens (primary N) is 1. The summed E-state index contributed by atoms with van der Waals surface area (Å²) in [5.41, 5.74) is 6.83. The molecule has 2 aromatic heterocycles. The van der Waals surface area contributed by atoms with Crippen molar-refractivity contribution in [2.75, 3.05) is 0 Å². The summed E-state index contributed by atoms with van der Waals surface area (Å²) in [7, 11) is 0. The molecule has 19 heavy (non-hydrogen) atoms. The van der Waals surface area contributed by atoms with Gasteiger partial charge in [-0.05, 0) is 38.1 Å². The van der Waals surface area contributed by atoms with Gasteiger partial charge in [0.2, 0.25) is 0 Å². The molecule has 0 aromatic carbocycles. The highest BCUT2D eigenvalue weighted by Crippen LogP contribution is 2.22. The number of nitrogens with one attached hydrogen (secondary N) is 1. The van der Waals surface area contributed by atoms with E-state index in [1.165, 1.54) is 4.88 Å². The Balaban J connectivity index is 2.08. The van der Waals surface area contributed by atoms with Crippen LogP contribution in [0.15, 0.2) is 30.5 Å². The lowest BCUT2D eigenvalue weighted by Crippen LogP contribution is -2.26. The molecule has 4 nitrogen and oxygen atoms in total. The van der Waals surface area contributed by atoms with Gasteiger partial charge >= 0.3 is 0 Å². The Morgan fingerprint density at radius 1 is 1.47 bits per heavy atom. The van der Waals surface area contributed by atoms with Gasteiger partial charge in [0.25, 0.3) is 5.91 Å². The molecule has 100 valence electrons. The molecule has 2 aromatic rings. The highest BCUT2D eigenvalue weighted by molar-refractivity contribution is 7.12. The van der Waals surface area contributed by atoms with Gasteiger partial charge in [0.05, 0.1) is 11.7 Å². The van der Waals surface area contributed by atoms with Gasteiger partial charge in [0.1, 0.15) is 0 Å². The molecule has 0 radical (unpaired) electrons. The van der Waals surface area contributed by atoms with E-state index in [0.717, 1.165) is 4.88 Å². The molecule has 2 rings (SSSR count). The molecule has 0 aliphatic carbocycles. The fraction of sp³-hybridized carbons (Fsp3) is 0.286. The first kappa shape index (κ1) is 13.7. The lowest BCUT2D eigenvalue weighted by molar-refractivity contribution is 0.0940. The van der Waals surface area contributed by atoms with Gasteiger partial charge < -0.3 is 11.1 Å². The van der Waals surface area contributed by atoms with Crippen molar-refractivity contribution in [3.05, 3.63) is 51.5 Å². The number of carbonyl (C=O) groups excluding carboxylic acids is 1. The third-order valence-corrected chi connectivity index (χ3v) is 4.01. The largest absolute Gasteiger partial charge is 0.345 e. The van der Waals surface area contributed by atoms with Crippen LogP contribution in [0.3, 0.4) is 0 Å². The van der Waals surface area contributed by atoms with Crippen molar-refractivity contribution in [1.82, 2.24) is 10.3 Å². The lowest BCUT2D eigenvalue weighted by Gasteiger charge is -2.12. The number of carbonyl (C=O) groups is 1.